The predicted octanol–water partition coefficient (Wildman–Crippen LogP) is 3.06. The molecule has 13 heavy (non-hydrogen) atoms. The van der Waals surface area contributed by atoms with Gasteiger partial charge in [-0.05, 0) is 31.7 Å². The van der Waals surface area contributed by atoms with Crippen molar-refractivity contribution in [1.82, 2.24) is 4.98 Å². The first-order valence-electron chi connectivity index (χ1n) is 4.63. The van der Waals surface area contributed by atoms with Gasteiger partial charge in [-0.1, -0.05) is 11.6 Å². The van der Waals surface area contributed by atoms with Crippen molar-refractivity contribution < 1.29 is 4.74 Å². The second kappa shape index (κ2) is 3.97. The van der Waals surface area contributed by atoms with Crippen molar-refractivity contribution in [3.05, 3.63) is 23.4 Å². The molecule has 0 N–H and O–H groups in total. The van der Waals surface area contributed by atoms with Crippen LogP contribution in [0.3, 0.4) is 0 Å². The Hall–Kier alpha value is -0.760. The van der Waals surface area contributed by atoms with Gasteiger partial charge in [-0.15, -0.1) is 0 Å². The molecule has 1 aromatic heterocycles. The molecule has 0 saturated heterocycles. The molecule has 2 rings (SSSR count). The Labute approximate surface area is 82.9 Å². The normalized spacial score (nSPS) is 17.6. The Balaban J connectivity index is 1.97. The fourth-order valence-corrected chi connectivity index (χ4v) is 1.72. The number of halogens is 1. The van der Waals surface area contributed by atoms with Crippen molar-refractivity contribution in [2.45, 2.75) is 31.8 Å². The summed E-state index contributed by atoms with van der Waals surface area (Å²) >= 11 is 5.71. The zero-order chi connectivity index (χ0) is 9.10. The van der Waals surface area contributed by atoms with Crippen LogP contribution in [0.2, 0.25) is 5.02 Å². The summed E-state index contributed by atoms with van der Waals surface area (Å²) in [6.07, 6.45) is 6.85. The molecule has 2 nitrogen and oxygen atoms in total. The monoisotopic (exact) mass is 197 g/mol. The van der Waals surface area contributed by atoms with Crippen molar-refractivity contribution >= 4 is 11.6 Å². The van der Waals surface area contributed by atoms with Crippen molar-refractivity contribution in [2.75, 3.05) is 0 Å². The van der Waals surface area contributed by atoms with Crippen molar-refractivity contribution in [3.8, 4) is 5.88 Å². The van der Waals surface area contributed by atoms with E-state index in [4.69, 9.17) is 16.3 Å². The fraction of sp³-hybridized carbons (Fsp3) is 0.500. The molecular formula is C10H12ClNO. The van der Waals surface area contributed by atoms with Gasteiger partial charge in [0, 0.05) is 12.3 Å². The van der Waals surface area contributed by atoms with Crippen LogP contribution in [0.25, 0.3) is 0 Å². The van der Waals surface area contributed by atoms with E-state index in [2.05, 4.69) is 4.98 Å². The minimum atomic E-state index is 0.369. The number of ether oxygens (including phenoxy) is 1. The molecule has 0 aliphatic heterocycles. The highest BCUT2D eigenvalue weighted by molar-refractivity contribution is 6.30. The quantitative estimate of drug-likeness (QED) is 0.727. The van der Waals surface area contributed by atoms with Gasteiger partial charge in [0.1, 0.15) is 6.10 Å². The number of aromatic nitrogens is 1. The first-order valence-corrected chi connectivity index (χ1v) is 5.00. The second-order valence-corrected chi connectivity index (χ2v) is 3.78. The molecule has 0 aromatic carbocycles. The van der Waals surface area contributed by atoms with Crippen LogP contribution in [0.1, 0.15) is 25.7 Å². The summed E-state index contributed by atoms with van der Waals surface area (Å²) in [4.78, 5) is 4.09. The van der Waals surface area contributed by atoms with Crippen LogP contribution >= 0.6 is 11.6 Å². The third kappa shape index (κ3) is 2.34. The molecule has 1 aromatic rings. The molecule has 1 fully saturated rings. The Morgan fingerprint density at radius 1 is 1.31 bits per heavy atom. The van der Waals surface area contributed by atoms with Crippen LogP contribution in [-0.4, -0.2) is 11.1 Å². The van der Waals surface area contributed by atoms with E-state index in [1.807, 2.05) is 6.07 Å². The molecule has 3 heteroatoms. The van der Waals surface area contributed by atoms with E-state index in [-0.39, 0.29) is 0 Å². The lowest BCUT2D eigenvalue weighted by Gasteiger charge is -2.11. The van der Waals surface area contributed by atoms with Gasteiger partial charge >= 0.3 is 0 Å². The van der Waals surface area contributed by atoms with Crippen LogP contribution in [0.4, 0.5) is 0 Å². The predicted molar refractivity (Wildman–Crippen MR) is 52.1 cm³/mol. The summed E-state index contributed by atoms with van der Waals surface area (Å²) in [6, 6.07) is 3.62. The first kappa shape index (κ1) is 8.82. The van der Waals surface area contributed by atoms with Crippen LogP contribution in [-0.2, 0) is 0 Å². The fourth-order valence-electron chi connectivity index (χ4n) is 1.61. The lowest BCUT2D eigenvalue weighted by molar-refractivity contribution is 0.201. The summed E-state index contributed by atoms with van der Waals surface area (Å²) in [6.45, 7) is 0. The van der Waals surface area contributed by atoms with Crippen LogP contribution in [0, 0.1) is 0 Å². The SMILES string of the molecule is Clc1ccc(OC2CCCC2)nc1. The number of hydrogen-bond donors (Lipinski definition) is 0. The molecule has 1 aliphatic carbocycles. The molecule has 0 radical (unpaired) electrons. The topological polar surface area (TPSA) is 22.1 Å². The minimum absolute atomic E-state index is 0.369. The Morgan fingerprint density at radius 3 is 2.69 bits per heavy atom. The van der Waals surface area contributed by atoms with Crippen LogP contribution < -0.4 is 4.74 Å². The second-order valence-electron chi connectivity index (χ2n) is 3.34. The number of nitrogens with zero attached hydrogens (tertiary/aromatic N) is 1. The smallest absolute Gasteiger partial charge is 0.213 e. The lowest BCUT2D eigenvalue weighted by Crippen LogP contribution is -2.11. The lowest BCUT2D eigenvalue weighted by atomic mass is 10.3. The highest BCUT2D eigenvalue weighted by atomic mass is 35.5. The van der Waals surface area contributed by atoms with E-state index in [9.17, 15) is 0 Å². The largest absolute Gasteiger partial charge is 0.474 e. The van der Waals surface area contributed by atoms with E-state index >= 15 is 0 Å². The Bertz CT molecular complexity index is 267. The molecule has 1 aliphatic rings. The maximum atomic E-state index is 5.71. The average Bonchev–Trinajstić information content (AvgIpc) is 2.62. The van der Waals surface area contributed by atoms with E-state index in [1.54, 1.807) is 12.3 Å². The van der Waals surface area contributed by atoms with Gasteiger partial charge in [-0.25, -0.2) is 4.98 Å². The maximum Gasteiger partial charge on any atom is 0.213 e. The average molecular weight is 198 g/mol. The molecule has 1 heterocycles. The summed E-state index contributed by atoms with van der Waals surface area (Å²) < 4.78 is 5.66. The van der Waals surface area contributed by atoms with Crippen molar-refractivity contribution in [3.63, 3.8) is 0 Å². The Morgan fingerprint density at radius 2 is 2.08 bits per heavy atom. The van der Waals surface area contributed by atoms with Gasteiger partial charge < -0.3 is 4.74 Å². The third-order valence-electron chi connectivity index (χ3n) is 2.29. The summed E-state index contributed by atoms with van der Waals surface area (Å²) in [5.41, 5.74) is 0. The first-order chi connectivity index (χ1) is 6.34. The zero-order valence-corrected chi connectivity index (χ0v) is 8.13. The third-order valence-corrected chi connectivity index (χ3v) is 2.51. The van der Waals surface area contributed by atoms with Gasteiger partial charge in [0.25, 0.3) is 0 Å². The molecule has 1 saturated carbocycles. The molecule has 70 valence electrons. The number of pyridine rings is 1. The van der Waals surface area contributed by atoms with Crippen LogP contribution in [0.5, 0.6) is 5.88 Å². The summed E-state index contributed by atoms with van der Waals surface area (Å²) in [7, 11) is 0. The van der Waals surface area contributed by atoms with Gasteiger partial charge in [-0.2, -0.15) is 0 Å². The van der Waals surface area contributed by atoms with Gasteiger partial charge in [0.05, 0.1) is 5.02 Å². The highest BCUT2D eigenvalue weighted by Crippen LogP contribution is 2.23. The number of hydrogen-bond acceptors (Lipinski definition) is 2. The summed E-state index contributed by atoms with van der Waals surface area (Å²) in [5.74, 6) is 0.691. The summed E-state index contributed by atoms with van der Waals surface area (Å²) in [5, 5.41) is 0.652. The van der Waals surface area contributed by atoms with Gasteiger partial charge in [0.15, 0.2) is 0 Å². The van der Waals surface area contributed by atoms with E-state index in [0.29, 0.717) is 17.0 Å². The zero-order valence-electron chi connectivity index (χ0n) is 7.37. The van der Waals surface area contributed by atoms with Gasteiger partial charge in [0.2, 0.25) is 5.88 Å². The van der Waals surface area contributed by atoms with E-state index in [1.165, 1.54) is 12.8 Å². The van der Waals surface area contributed by atoms with E-state index in [0.717, 1.165) is 12.8 Å². The van der Waals surface area contributed by atoms with Crippen molar-refractivity contribution in [1.29, 1.82) is 0 Å². The Kier molecular flexibility index (Phi) is 2.69. The molecule has 0 bridgehead atoms. The van der Waals surface area contributed by atoms with Crippen LogP contribution in [0.15, 0.2) is 18.3 Å². The molecular weight excluding hydrogens is 186 g/mol. The molecule has 0 spiro atoms. The van der Waals surface area contributed by atoms with E-state index < -0.39 is 0 Å². The maximum absolute atomic E-state index is 5.71. The van der Waals surface area contributed by atoms with Crippen molar-refractivity contribution in [2.24, 2.45) is 0 Å². The number of rotatable bonds is 2. The minimum Gasteiger partial charge on any atom is -0.474 e. The molecule has 0 amide bonds. The molecule has 0 unspecified atom stereocenters. The standard InChI is InChI=1S/C10H12ClNO/c11-8-5-6-10(12-7-8)13-9-3-1-2-4-9/h5-7,9H,1-4H2. The highest BCUT2D eigenvalue weighted by Gasteiger charge is 2.16. The molecule has 0 atom stereocenters. The van der Waals surface area contributed by atoms with Gasteiger partial charge in [-0.3, -0.25) is 0 Å².